The van der Waals surface area contributed by atoms with Crippen molar-refractivity contribution in [3.05, 3.63) is 71.3 Å². The first-order valence-corrected chi connectivity index (χ1v) is 13.4. The average Bonchev–Trinajstić information content (AvgIpc) is 3.27. The molecule has 0 aromatic heterocycles. The topological polar surface area (TPSA) is 64.6 Å². The number of benzene rings is 3. The van der Waals surface area contributed by atoms with E-state index in [4.69, 9.17) is 33.2 Å². The van der Waals surface area contributed by atoms with E-state index in [-0.39, 0.29) is 12.2 Å². The van der Waals surface area contributed by atoms with Gasteiger partial charge in [-0.15, -0.1) is 0 Å². The lowest BCUT2D eigenvalue weighted by Gasteiger charge is -2.19. The van der Waals surface area contributed by atoms with Crippen molar-refractivity contribution in [2.45, 2.75) is 39.4 Å². The molecule has 4 rings (SSSR count). The summed E-state index contributed by atoms with van der Waals surface area (Å²) in [7, 11) is 6.59. The van der Waals surface area contributed by atoms with Crippen LogP contribution in [0, 0.1) is 11.8 Å². The van der Waals surface area contributed by atoms with Gasteiger partial charge in [-0.3, -0.25) is 0 Å². The monoisotopic (exact) mass is 536 g/mol. The molecule has 0 spiro atoms. The van der Waals surface area contributed by atoms with Gasteiger partial charge in [-0.1, -0.05) is 32.0 Å². The third-order valence-electron chi connectivity index (χ3n) is 7.51. The maximum atomic E-state index is 6.66. The predicted octanol–water partition coefficient (Wildman–Crippen LogP) is 6.83. The molecular weight excluding hydrogens is 496 g/mol. The normalized spacial score (nSPS) is 20.4. The highest BCUT2D eigenvalue weighted by Crippen LogP contribution is 2.50. The van der Waals surface area contributed by atoms with Gasteiger partial charge in [0, 0.05) is 6.42 Å². The summed E-state index contributed by atoms with van der Waals surface area (Å²) in [5.41, 5.74) is 3.25. The number of hydrogen-bond acceptors (Lipinski definition) is 7. The Balaban J connectivity index is 1.46. The van der Waals surface area contributed by atoms with E-state index in [0.29, 0.717) is 48.0 Å². The van der Waals surface area contributed by atoms with Gasteiger partial charge in [0.1, 0.15) is 0 Å². The molecule has 210 valence electrons. The summed E-state index contributed by atoms with van der Waals surface area (Å²) < 4.78 is 40.5. The van der Waals surface area contributed by atoms with Crippen molar-refractivity contribution in [1.82, 2.24) is 0 Å². The van der Waals surface area contributed by atoms with Crippen LogP contribution in [0.3, 0.4) is 0 Å². The molecule has 0 bridgehead atoms. The van der Waals surface area contributed by atoms with Crippen LogP contribution in [0.1, 0.15) is 49.7 Å². The molecule has 0 aliphatic carbocycles. The minimum atomic E-state index is -0.0720. The van der Waals surface area contributed by atoms with Crippen LogP contribution in [0.25, 0.3) is 0 Å². The highest BCUT2D eigenvalue weighted by atomic mass is 16.5. The zero-order valence-electron chi connectivity index (χ0n) is 24.0. The molecule has 0 N–H and O–H groups in total. The predicted molar refractivity (Wildman–Crippen MR) is 151 cm³/mol. The molecule has 0 radical (unpaired) electrons. The first kappa shape index (κ1) is 28.4. The Labute approximate surface area is 231 Å². The molecule has 7 nitrogen and oxygen atoms in total. The molecule has 4 unspecified atom stereocenters. The lowest BCUT2D eigenvalue weighted by Crippen LogP contribution is -2.10. The minimum absolute atomic E-state index is 0.0574. The largest absolute Gasteiger partial charge is 0.493 e. The summed E-state index contributed by atoms with van der Waals surface area (Å²) in [4.78, 5) is 0. The maximum absolute atomic E-state index is 6.66. The fourth-order valence-corrected chi connectivity index (χ4v) is 5.15. The van der Waals surface area contributed by atoms with Crippen molar-refractivity contribution in [2.24, 2.45) is 11.8 Å². The molecule has 1 saturated heterocycles. The second-order valence-electron chi connectivity index (χ2n) is 9.74. The van der Waals surface area contributed by atoms with Crippen molar-refractivity contribution in [3.8, 4) is 34.5 Å². The van der Waals surface area contributed by atoms with Gasteiger partial charge >= 0.3 is 0 Å². The Morgan fingerprint density at radius 2 is 1.08 bits per heavy atom. The highest BCUT2D eigenvalue weighted by Gasteiger charge is 2.41. The molecule has 4 atom stereocenters. The third-order valence-corrected chi connectivity index (χ3v) is 7.51. The summed E-state index contributed by atoms with van der Waals surface area (Å²) >= 11 is 0. The van der Waals surface area contributed by atoms with Gasteiger partial charge in [-0.25, -0.2) is 0 Å². The number of hydrogen-bond donors (Lipinski definition) is 0. The smallest absolute Gasteiger partial charge is 0.161 e. The quantitative estimate of drug-likeness (QED) is 0.251. The summed E-state index contributed by atoms with van der Waals surface area (Å²) in [6.07, 6.45) is 0.592. The Morgan fingerprint density at radius 3 is 1.59 bits per heavy atom. The lowest BCUT2D eigenvalue weighted by molar-refractivity contribution is 0.0287. The van der Waals surface area contributed by atoms with E-state index in [1.54, 1.807) is 28.4 Å². The molecule has 1 fully saturated rings. The van der Waals surface area contributed by atoms with E-state index in [0.717, 1.165) is 34.6 Å². The van der Waals surface area contributed by atoms with Crippen LogP contribution in [-0.4, -0.2) is 41.7 Å². The summed E-state index contributed by atoms with van der Waals surface area (Å²) in [6.45, 7) is 7.52. The van der Waals surface area contributed by atoms with E-state index in [1.165, 1.54) is 0 Å². The van der Waals surface area contributed by atoms with Crippen LogP contribution in [-0.2, 0) is 11.2 Å². The first-order chi connectivity index (χ1) is 18.9. The number of methoxy groups -OCH3 is 4. The maximum Gasteiger partial charge on any atom is 0.161 e. The number of rotatable bonds is 12. The molecular formula is C32H40O7. The summed E-state index contributed by atoms with van der Waals surface area (Å²) in [5.74, 6) is 4.88. The molecule has 1 aliphatic heterocycles. The molecule has 1 heterocycles. The fourth-order valence-electron chi connectivity index (χ4n) is 5.15. The van der Waals surface area contributed by atoms with E-state index < -0.39 is 0 Å². The highest BCUT2D eigenvalue weighted by molar-refractivity contribution is 5.46. The van der Waals surface area contributed by atoms with Gasteiger partial charge in [0.15, 0.2) is 34.5 Å². The zero-order valence-corrected chi connectivity index (χ0v) is 24.0. The van der Waals surface area contributed by atoms with Gasteiger partial charge in [-0.05, 0) is 71.8 Å². The Morgan fingerprint density at radius 1 is 0.590 bits per heavy atom. The van der Waals surface area contributed by atoms with Crippen LogP contribution < -0.4 is 28.4 Å². The van der Waals surface area contributed by atoms with Gasteiger partial charge in [0.2, 0.25) is 0 Å². The average molecular weight is 537 g/mol. The van der Waals surface area contributed by atoms with Crippen LogP contribution in [0.4, 0.5) is 0 Å². The van der Waals surface area contributed by atoms with E-state index in [2.05, 4.69) is 26.0 Å². The molecule has 39 heavy (non-hydrogen) atoms. The zero-order chi connectivity index (χ0) is 27.9. The van der Waals surface area contributed by atoms with Gasteiger partial charge in [0.25, 0.3) is 0 Å². The molecule has 1 aliphatic rings. The standard InChI is InChI=1S/C32H40O7/c1-8-37-26-13-10-23(18-29(26)35-6)31-20(2)21(3)32(39-31)24-11-14-27(30(19-24)36-7)38-16-15-22-9-12-25(33-4)28(17-22)34-5/h9-14,17-21,31-32H,8,15-16H2,1-7H3. The second-order valence-corrected chi connectivity index (χ2v) is 9.74. The van der Waals surface area contributed by atoms with Crippen molar-refractivity contribution in [2.75, 3.05) is 41.7 Å². The van der Waals surface area contributed by atoms with Gasteiger partial charge in [0.05, 0.1) is 53.9 Å². The van der Waals surface area contributed by atoms with Gasteiger partial charge in [-0.2, -0.15) is 0 Å². The van der Waals surface area contributed by atoms with Crippen LogP contribution >= 0.6 is 0 Å². The molecule has 0 amide bonds. The molecule has 3 aromatic rings. The van der Waals surface area contributed by atoms with E-state index >= 15 is 0 Å². The van der Waals surface area contributed by atoms with Crippen molar-refractivity contribution in [1.29, 1.82) is 0 Å². The third kappa shape index (κ3) is 6.19. The SMILES string of the molecule is CCOc1ccc(C2OC(c3ccc(OCCc4ccc(OC)c(OC)c4)c(OC)c3)C(C)C2C)cc1OC. The van der Waals surface area contributed by atoms with Crippen LogP contribution in [0.5, 0.6) is 34.5 Å². The fraction of sp³-hybridized carbons (Fsp3) is 0.438. The minimum Gasteiger partial charge on any atom is -0.493 e. The summed E-state index contributed by atoms with van der Waals surface area (Å²) in [5, 5.41) is 0. The van der Waals surface area contributed by atoms with Crippen LogP contribution in [0.2, 0.25) is 0 Å². The Bertz CT molecular complexity index is 1240. The van der Waals surface area contributed by atoms with Gasteiger partial charge < -0.3 is 33.2 Å². The van der Waals surface area contributed by atoms with Crippen molar-refractivity contribution in [3.63, 3.8) is 0 Å². The first-order valence-electron chi connectivity index (χ1n) is 13.4. The molecule has 0 saturated carbocycles. The summed E-state index contributed by atoms with van der Waals surface area (Å²) in [6, 6.07) is 18.0. The van der Waals surface area contributed by atoms with Crippen LogP contribution in [0.15, 0.2) is 54.6 Å². The van der Waals surface area contributed by atoms with Crippen molar-refractivity contribution < 1.29 is 33.2 Å². The van der Waals surface area contributed by atoms with E-state index in [1.807, 2.05) is 49.4 Å². The van der Waals surface area contributed by atoms with Crippen molar-refractivity contribution >= 4 is 0 Å². The second kappa shape index (κ2) is 13.0. The van der Waals surface area contributed by atoms with E-state index in [9.17, 15) is 0 Å². The molecule has 3 aromatic carbocycles. The number of ether oxygens (including phenoxy) is 7. The Kier molecular flexibility index (Phi) is 9.46. The molecule has 7 heteroatoms. The Hall–Kier alpha value is -3.58. The lowest BCUT2D eigenvalue weighted by atomic mass is 9.85.